The Hall–Kier alpha value is -2.82. The average molecular weight is 395 g/mol. The number of benzene rings is 2. The minimum absolute atomic E-state index is 0.0132. The first-order valence-corrected chi connectivity index (χ1v) is 10.3. The lowest BCUT2D eigenvalue weighted by Gasteiger charge is -2.37. The van der Waals surface area contributed by atoms with E-state index in [2.05, 4.69) is 19.1 Å². The number of hydrogen-bond acceptors (Lipinski definition) is 3. The van der Waals surface area contributed by atoms with Crippen LogP contribution in [0.5, 0.6) is 5.75 Å². The maximum Gasteiger partial charge on any atom is 0.260 e. The average Bonchev–Trinajstić information content (AvgIpc) is 2.72. The van der Waals surface area contributed by atoms with Crippen LogP contribution in [-0.2, 0) is 16.0 Å². The van der Waals surface area contributed by atoms with E-state index in [1.807, 2.05) is 61.2 Å². The number of para-hydroxylation sites is 1. The number of nitrogens with zero attached hydrogens (tertiary/aromatic N) is 2. The van der Waals surface area contributed by atoms with Crippen LogP contribution < -0.4 is 4.74 Å². The predicted molar refractivity (Wildman–Crippen MR) is 114 cm³/mol. The maximum atomic E-state index is 13.1. The van der Waals surface area contributed by atoms with Crippen molar-refractivity contribution in [3.63, 3.8) is 0 Å². The van der Waals surface area contributed by atoms with Gasteiger partial charge in [0.05, 0.1) is 12.6 Å². The Balaban J connectivity index is 1.65. The lowest BCUT2D eigenvalue weighted by Crippen LogP contribution is -2.48. The van der Waals surface area contributed by atoms with Crippen LogP contribution in [0.1, 0.15) is 37.9 Å². The zero-order valence-electron chi connectivity index (χ0n) is 17.5. The Bertz CT molecular complexity index is 835. The molecule has 0 saturated carbocycles. The van der Waals surface area contributed by atoms with Gasteiger partial charge in [0.15, 0.2) is 6.61 Å². The van der Waals surface area contributed by atoms with Crippen LogP contribution in [0.25, 0.3) is 0 Å². The maximum absolute atomic E-state index is 13.1. The summed E-state index contributed by atoms with van der Waals surface area (Å²) in [6, 6.07) is 17.6. The molecule has 5 heteroatoms. The number of fused-ring (bicyclic) bond motifs is 1. The molecule has 154 valence electrons. The van der Waals surface area contributed by atoms with Crippen LogP contribution in [-0.4, -0.2) is 47.9 Å². The van der Waals surface area contributed by atoms with E-state index in [-0.39, 0.29) is 36.9 Å². The van der Waals surface area contributed by atoms with Crippen molar-refractivity contribution in [2.75, 3.05) is 26.2 Å². The second-order valence-electron chi connectivity index (χ2n) is 7.98. The van der Waals surface area contributed by atoms with Crippen LogP contribution in [0.2, 0.25) is 0 Å². The Morgan fingerprint density at radius 3 is 2.52 bits per heavy atom. The second kappa shape index (κ2) is 9.59. The minimum Gasteiger partial charge on any atom is -0.484 e. The molecule has 3 rings (SSSR count). The number of rotatable bonds is 7. The van der Waals surface area contributed by atoms with Gasteiger partial charge in [-0.15, -0.1) is 0 Å². The lowest BCUT2D eigenvalue weighted by atomic mass is 9.93. The molecule has 2 aromatic rings. The number of amides is 2. The SMILES string of the molecule is CC(C)CN(CC(=O)N1CCc2ccccc2C1C)C(=O)COc1ccccc1. The topological polar surface area (TPSA) is 49.9 Å². The van der Waals surface area contributed by atoms with E-state index < -0.39 is 0 Å². The fraction of sp³-hybridized carbons (Fsp3) is 0.417. The third-order valence-corrected chi connectivity index (χ3v) is 5.28. The molecule has 1 aliphatic heterocycles. The van der Waals surface area contributed by atoms with Crippen molar-refractivity contribution in [3.8, 4) is 5.75 Å². The monoisotopic (exact) mass is 394 g/mol. The van der Waals surface area contributed by atoms with Crippen molar-refractivity contribution in [3.05, 3.63) is 65.7 Å². The molecule has 1 aliphatic rings. The summed E-state index contributed by atoms with van der Waals surface area (Å²) in [5.41, 5.74) is 2.50. The molecular formula is C24H30N2O3. The van der Waals surface area contributed by atoms with Gasteiger partial charge in [0.2, 0.25) is 5.91 Å². The molecule has 0 bridgehead atoms. The standard InChI is InChI=1S/C24H30N2O3/c1-18(2)15-25(24(28)17-29-21-10-5-4-6-11-21)16-23(27)26-14-13-20-9-7-8-12-22(20)19(26)3/h4-12,18-19H,13-17H2,1-3H3. The van der Waals surface area contributed by atoms with Gasteiger partial charge in [-0.1, -0.05) is 56.3 Å². The number of ether oxygens (including phenoxy) is 1. The summed E-state index contributed by atoms with van der Waals surface area (Å²) in [6.45, 7) is 7.38. The Morgan fingerprint density at radius 2 is 1.79 bits per heavy atom. The number of hydrogen-bond donors (Lipinski definition) is 0. The Labute approximate surface area is 173 Å². The van der Waals surface area contributed by atoms with Gasteiger partial charge in [0, 0.05) is 13.1 Å². The summed E-state index contributed by atoms with van der Waals surface area (Å²) >= 11 is 0. The zero-order chi connectivity index (χ0) is 20.8. The van der Waals surface area contributed by atoms with Gasteiger partial charge >= 0.3 is 0 Å². The van der Waals surface area contributed by atoms with Gasteiger partial charge in [-0.2, -0.15) is 0 Å². The summed E-state index contributed by atoms with van der Waals surface area (Å²) < 4.78 is 5.61. The molecule has 1 atom stereocenters. The molecule has 0 radical (unpaired) electrons. The largest absolute Gasteiger partial charge is 0.484 e. The van der Waals surface area contributed by atoms with Gasteiger partial charge in [0.1, 0.15) is 5.75 Å². The fourth-order valence-electron chi connectivity index (χ4n) is 3.82. The van der Waals surface area contributed by atoms with Crippen molar-refractivity contribution < 1.29 is 14.3 Å². The van der Waals surface area contributed by atoms with Crippen LogP contribution in [0.3, 0.4) is 0 Å². The van der Waals surface area contributed by atoms with E-state index in [0.29, 0.717) is 18.8 Å². The highest BCUT2D eigenvalue weighted by atomic mass is 16.5. The Kier molecular flexibility index (Phi) is 6.91. The van der Waals surface area contributed by atoms with Crippen molar-refractivity contribution >= 4 is 11.8 Å². The van der Waals surface area contributed by atoms with Gasteiger partial charge < -0.3 is 14.5 Å². The van der Waals surface area contributed by atoms with Crippen LogP contribution >= 0.6 is 0 Å². The van der Waals surface area contributed by atoms with E-state index in [4.69, 9.17) is 4.74 Å². The summed E-state index contributed by atoms with van der Waals surface area (Å²) in [4.78, 5) is 29.4. The molecule has 0 N–H and O–H groups in total. The molecule has 2 aromatic carbocycles. The normalized spacial score (nSPS) is 15.7. The van der Waals surface area contributed by atoms with Crippen molar-refractivity contribution in [2.24, 2.45) is 5.92 Å². The molecule has 0 aromatic heterocycles. The molecule has 0 fully saturated rings. The van der Waals surface area contributed by atoms with Gasteiger partial charge in [0.25, 0.3) is 5.91 Å². The molecule has 0 spiro atoms. The first kappa shape index (κ1) is 20.9. The summed E-state index contributed by atoms with van der Waals surface area (Å²) in [5.74, 6) is 0.739. The first-order valence-electron chi connectivity index (χ1n) is 10.3. The smallest absolute Gasteiger partial charge is 0.260 e. The van der Waals surface area contributed by atoms with Crippen LogP contribution in [0.15, 0.2) is 54.6 Å². The number of carbonyl (C=O) groups is 2. The van der Waals surface area contributed by atoms with Gasteiger partial charge in [-0.05, 0) is 42.5 Å². The van der Waals surface area contributed by atoms with E-state index in [1.54, 1.807) is 4.90 Å². The minimum atomic E-state index is -0.166. The van der Waals surface area contributed by atoms with E-state index in [1.165, 1.54) is 11.1 Å². The lowest BCUT2D eigenvalue weighted by molar-refractivity contribution is -0.143. The Morgan fingerprint density at radius 1 is 1.10 bits per heavy atom. The van der Waals surface area contributed by atoms with E-state index >= 15 is 0 Å². The third kappa shape index (κ3) is 5.37. The van der Waals surface area contributed by atoms with Crippen molar-refractivity contribution in [1.82, 2.24) is 9.80 Å². The molecule has 2 amide bonds. The summed E-state index contributed by atoms with van der Waals surface area (Å²) in [6.07, 6.45) is 0.849. The first-order chi connectivity index (χ1) is 14.0. The highest BCUT2D eigenvalue weighted by molar-refractivity contribution is 5.86. The van der Waals surface area contributed by atoms with Crippen molar-refractivity contribution in [1.29, 1.82) is 0 Å². The van der Waals surface area contributed by atoms with E-state index in [9.17, 15) is 9.59 Å². The zero-order valence-corrected chi connectivity index (χ0v) is 17.5. The predicted octanol–water partition coefficient (Wildman–Crippen LogP) is 3.70. The third-order valence-electron chi connectivity index (χ3n) is 5.28. The highest BCUT2D eigenvalue weighted by Gasteiger charge is 2.29. The second-order valence-corrected chi connectivity index (χ2v) is 7.98. The van der Waals surface area contributed by atoms with Crippen LogP contribution in [0, 0.1) is 5.92 Å². The molecule has 0 saturated heterocycles. The molecule has 1 unspecified atom stereocenters. The highest BCUT2D eigenvalue weighted by Crippen LogP contribution is 2.29. The van der Waals surface area contributed by atoms with Gasteiger partial charge in [-0.3, -0.25) is 9.59 Å². The van der Waals surface area contributed by atoms with Gasteiger partial charge in [-0.25, -0.2) is 0 Å². The quantitative estimate of drug-likeness (QED) is 0.720. The van der Waals surface area contributed by atoms with Crippen molar-refractivity contribution in [2.45, 2.75) is 33.2 Å². The summed E-state index contributed by atoms with van der Waals surface area (Å²) in [5, 5.41) is 0. The number of carbonyl (C=O) groups excluding carboxylic acids is 2. The molecule has 5 nitrogen and oxygen atoms in total. The fourth-order valence-corrected chi connectivity index (χ4v) is 3.82. The molecule has 29 heavy (non-hydrogen) atoms. The molecule has 0 aliphatic carbocycles. The van der Waals surface area contributed by atoms with Crippen LogP contribution in [0.4, 0.5) is 0 Å². The van der Waals surface area contributed by atoms with E-state index in [0.717, 1.165) is 6.42 Å². The molecule has 1 heterocycles. The molecular weight excluding hydrogens is 364 g/mol. The summed E-state index contributed by atoms with van der Waals surface area (Å²) in [7, 11) is 0.